The molecule has 0 radical (unpaired) electrons. The van der Waals surface area contributed by atoms with Gasteiger partial charge in [0, 0.05) is 11.8 Å². The van der Waals surface area contributed by atoms with Gasteiger partial charge >= 0.3 is 5.97 Å². The fourth-order valence-corrected chi connectivity index (χ4v) is 3.15. The van der Waals surface area contributed by atoms with Crippen molar-refractivity contribution in [1.82, 2.24) is 15.2 Å². The van der Waals surface area contributed by atoms with E-state index in [9.17, 15) is 9.18 Å². The fraction of sp³-hybridized carbons (Fsp3) is 0.211. The highest BCUT2D eigenvalue weighted by atomic mass is 19.1. The number of aryl methyl sites for hydroxylation is 1. The van der Waals surface area contributed by atoms with Crippen molar-refractivity contribution in [3.63, 3.8) is 0 Å². The molecule has 2 heterocycles. The first kappa shape index (κ1) is 15.5. The average molecular weight is 337 g/mol. The molecule has 0 amide bonds. The molecular weight excluding hydrogens is 321 g/mol. The van der Waals surface area contributed by atoms with Crippen LogP contribution in [-0.2, 0) is 11.2 Å². The number of halogens is 1. The molecule has 3 aromatic rings. The highest BCUT2D eigenvalue weighted by Gasteiger charge is 2.27. The summed E-state index contributed by atoms with van der Waals surface area (Å²) in [6.45, 7) is 0. The highest BCUT2D eigenvalue weighted by Crippen LogP contribution is 2.32. The number of H-pyrrole nitrogens is 1. The van der Waals surface area contributed by atoms with Crippen LogP contribution in [0.5, 0.6) is 0 Å². The number of ether oxygens (including phenoxy) is 1. The van der Waals surface area contributed by atoms with Gasteiger partial charge in [0.05, 0.1) is 17.6 Å². The monoisotopic (exact) mass is 337 g/mol. The van der Waals surface area contributed by atoms with E-state index in [4.69, 9.17) is 4.74 Å². The largest absolute Gasteiger partial charge is 0.452 e. The summed E-state index contributed by atoms with van der Waals surface area (Å²) in [6, 6.07) is 9.78. The van der Waals surface area contributed by atoms with Gasteiger partial charge in [0.15, 0.2) is 0 Å². The Morgan fingerprint density at radius 1 is 1.24 bits per heavy atom. The Morgan fingerprint density at radius 2 is 2.08 bits per heavy atom. The Balaban J connectivity index is 1.59. The van der Waals surface area contributed by atoms with Gasteiger partial charge in [-0.25, -0.2) is 9.18 Å². The lowest BCUT2D eigenvalue weighted by Crippen LogP contribution is -2.18. The maximum Gasteiger partial charge on any atom is 0.342 e. The molecule has 126 valence electrons. The number of esters is 1. The first-order valence-corrected chi connectivity index (χ1v) is 8.16. The standard InChI is InChI=1S/C19H16FN3O2/c20-14-8-6-13(7-9-14)17-15(11-22-23-17)19(24)25-16-5-1-3-12-4-2-10-21-18(12)16/h2,4,6-11,16H,1,3,5H2,(H,22,23). The summed E-state index contributed by atoms with van der Waals surface area (Å²) in [5, 5.41) is 6.73. The van der Waals surface area contributed by atoms with Crippen LogP contribution in [0.25, 0.3) is 11.3 Å². The summed E-state index contributed by atoms with van der Waals surface area (Å²) in [5.74, 6) is -0.797. The van der Waals surface area contributed by atoms with Crippen molar-refractivity contribution in [2.24, 2.45) is 0 Å². The van der Waals surface area contributed by atoms with E-state index < -0.39 is 5.97 Å². The Morgan fingerprint density at radius 3 is 2.92 bits per heavy atom. The van der Waals surface area contributed by atoms with Crippen molar-refractivity contribution in [1.29, 1.82) is 0 Å². The number of rotatable bonds is 3. The van der Waals surface area contributed by atoms with Gasteiger partial charge < -0.3 is 4.74 Å². The van der Waals surface area contributed by atoms with Crippen LogP contribution in [-0.4, -0.2) is 21.2 Å². The number of nitrogens with zero attached hydrogens (tertiary/aromatic N) is 2. The predicted octanol–water partition coefficient (Wildman–Crippen LogP) is 3.85. The third-order valence-corrected chi connectivity index (χ3v) is 4.38. The van der Waals surface area contributed by atoms with Gasteiger partial charge in [0.25, 0.3) is 0 Å². The van der Waals surface area contributed by atoms with Crippen LogP contribution >= 0.6 is 0 Å². The second-order valence-electron chi connectivity index (χ2n) is 6.00. The number of hydrogen-bond donors (Lipinski definition) is 1. The number of aromatic nitrogens is 3. The minimum Gasteiger partial charge on any atom is -0.452 e. The number of nitrogens with one attached hydrogen (secondary N) is 1. The van der Waals surface area contributed by atoms with Gasteiger partial charge in [0.2, 0.25) is 0 Å². The molecule has 0 saturated heterocycles. The Kier molecular flexibility index (Phi) is 4.01. The summed E-state index contributed by atoms with van der Waals surface area (Å²) >= 11 is 0. The van der Waals surface area contributed by atoms with Crippen LogP contribution in [0.2, 0.25) is 0 Å². The molecule has 6 heteroatoms. The molecule has 2 aromatic heterocycles. The van der Waals surface area contributed by atoms with Gasteiger partial charge in [-0.3, -0.25) is 10.1 Å². The Hall–Kier alpha value is -3.02. The maximum absolute atomic E-state index is 13.1. The van der Waals surface area contributed by atoms with Crippen LogP contribution in [0.1, 0.15) is 40.6 Å². The van der Waals surface area contributed by atoms with Crippen LogP contribution in [0.4, 0.5) is 4.39 Å². The normalized spacial score (nSPS) is 16.3. The molecule has 25 heavy (non-hydrogen) atoms. The van der Waals surface area contributed by atoms with Crippen LogP contribution in [0.3, 0.4) is 0 Å². The number of hydrogen-bond acceptors (Lipinski definition) is 4. The summed E-state index contributed by atoms with van der Waals surface area (Å²) in [6.07, 6.45) is 5.44. The number of carbonyl (C=O) groups excluding carboxylic acids is 1. The number of fused-ring (bicyclic) bond motifs is 1. The molecule has 1 aliphatic carbocycles. The lowest BCUT2D eigenvalue weighted by Gasteiger charge is -2.24. The fourth-order valence-electron chi connectivity index (χ4n) is 3.15. The van der Waals surface area contributed by atoms with Gasteiger partial charge in [-0.15, -0.1) is 0 Å². The summed E-state index contributed by atoms with van der Waals surface area (Å²) < 4.78 is 18.8. The zero-order chi connectivity index (χ0) is 17.2. The average Bonchev–Trinajstić information content (AvgIpc) is 3.12. The van der Waals surface area contributed by atoms with Crippen molar-refractivity contribution < 1.29 is 13.9 Å². The van der Waals surface area contributed by atoms with E-state index in [2.05, 4.69) is 15.2 Å². The van der Waals surface area contributed by atoms with Crippen molar-refractivity contribution in [3.8, 4) is 11.3 Å². The van der Waals surface area contributed by atoms with Gasteiger partial charge in [0.1, 0.15) is 17.5 Å². The number of pyridine rings is 1. The van der Waals surface area contributed by atoms with E-state index in [1.54, 1.807) is 18.3 Å². The Bertz CT molecular complexity index is 905. The molecule has 0 bridgehead atoms. The van der Waals surface area contributed by atoms with E-state index in [0.29, 0.717) is 16.8 Å². The smallest absolute Gasteiger partial charge is 0.342 e. The third-order valence-electron chi connectivity index (χ3n) is 4.38. The zero-order valence-electron chi connectivity index (χ0n) is 13.4. The van der Waals surface area contributed by atoms with Crippen molar-refractivity contribution in [3.05, 3.63) is 71.4 Å². The summed E-state index contributed by atoms with van der Waals surface area (Å²) in [7, 11) is 0. The minimum absolute atomic E-state index is 0.328. The first-order valence-electron chi connectivity index (χ1n) is 8.16. The molecule has 0 aliphatic heterocycles. The summed E-state index contributed by atoms with van der Waals surface area (Å²) in [5.41, 5.74) is 3.47. The maximum atomic E-state index is 13.1. The van der Waals surface area contributed by atoms with E-state index in [1.165, 1.54) is 18.3 Å². The van der Waals surface area contributed by atoms with Crippen LogP contribution < -0.4 is 0 Å². The van der Waals surface area contributed by atoms with Crippen molar-refractivity contribution in [2.75, 3.05) is 0 Å². The second kappa shape index (κ2) is 6.47. The van der Waals surface area contributed by atoms with Crippen LogP contribution in [0.15, 0.2) is 48.8 Å². The molecule has 0 fully saturated rings. The van der Waals surface area contributed by atoms with E-state index in [0.717, 1.165) is 30.5 Å². The molecule has 1 aliphatic rings. The highest BCUT2D eigenvalue weighted by molar-refractivity contribution is 5.96. The first-order chi connectivity index (χ1) is 12.2. The number of benzene rings is 1. The molecule has 5 nitrogen and oxygen atoms in total. The number of carbonyl (C=O) groups is 1. The van der Waals surface area contributed by atoms with Crippen LogP contribution in [0, 0.1) is 5.82 Å². The molecular formula is C19H16FN3O2. The topological polar surface area (TPSA) is 67.9 Å². The van der Waals surface area contributed by atoms with Gasteiger partial charge in [-0.05, 0) is 55.2 Å². The molecule has 1 N–H and O–H groups in total. The third kappa shape index (κ3) is 3.03. The Labute approximate surface area is 143 Å². The van der Waals surface area contributed by atoms with Gasteiger partial charge in [-0.2, -0.15) is 5.10 Å². The molecule has 1 atom stereocenters. The quantitative estimate of drug-likeness (QED) is 0.737. The van der Waals surface area contributed by atoms with E-state index in [1.807, 2.05) is 12.1 Å². The molecule has 0 saturated carbocycles. The molecule has 1 unspecified atom stereocenters. The molecule has 4 rings (SSSR count). The molecule has 0 spiro atoms. The molecule has 1 aromatic carbocycles. The van der Waals surface area contributed by atoms with E-state index >= 15 is 0 Å². The lowest BCUT2D eigenvalue weighted by atomic mass is 9.94. The predicted molar refractivity (Wildman–Crippen MR) is 89.3 cm³/mol. The summed E-state index contributed by atoms with van der Waals surface area (Å²) in [4.78, 5) is 17.0. The van der Waals surface area contributed by atoms with Crippen molar-refractivity contribution >= 4 is 5.97 Å². The zero-order valence-corrected chi connectivity index (χ0v) is 13.4. The van der Waals surface area contributed by atoms with Gasteiger partial charge in [-0.1, -0.05) is 6.07 Å². The number of aromatic amines is 1. The lowest BCUT2D eigenvalue weighted by molar-refractivity contribution is 0.0246. The second-order valence-corrected chi connectivity index (χ2v) is 6.00. The van der Waals surface area contributed by atoms with Crippen molar-refractivity contribution in [2.45, 2.75) is 25.4 Å². The minimum atomic E-state index is -0.462. The SMILES string of the molecule is O=C(OC1CCCc2cccnc21)c1cn[nH]c1-c1ccc(F)cc1. The van der Waals surface area contributed by atoms with E-state index in [-0.39, 0.29) is 11.9 Å².